The van der Waals surface area contributed by atoms with Crippen LogP contribution in [-0.4, -0.2) is 63.5 Å². The lowest BCUT2D eigenvalue weighted by Crippen LogP contribution is -2.56. The van der Waals surface area contributed by atoms with Gasteiger partial charge in [-0.2, -0.15) is 0 Å². The molecular formula is C18H31IN4O3. The molecule has 1 aromatic carbocycles. The number of nitrogens with two attached hydrogens (primary N) is 1. The molecule has 0 atom stereocenters. The Hall–Kier alpha value is -1.26. The van der Waals surface area contributed by atoms with E-state index in [1.54, 1.807) is 14.2 Å². The van der Waals surface area contributed by atoms with Gasteiger partial charge in [-0.05, 0) is 31.5 Å². The first-order valence-electron chi connectivity index (χ1n) is 8.54. The SMILES string of the molecule is COc1ccc(CN=C(N)NCC(C)(C)N2CCOCC2)cc1OC.I. The van der Waals surface area contributed by atoms with E-state index in [9.17, 15) is 0 Å². The number of hydrogen-bond acceptors (Lipinski definition) is 5. The van der Waals surface area contributed by atoms with Gasteiger partial charge in [0, 0.05) is 25.2 Å². The lowest BCUT2D eigenvalue weighted by molar-refractivity contribution is -0.00830. The van der Waals surface area contributed by atoms with Crippen LogP contribution >= 0.6 is 24.0 Å². The molecule has 1 fully saturated rings. The van der Waals surface area contributed by atoms with Gasteiger partial charge in [-0.25, -0.2) is 4.99 Å². The molecular weight excluding hydrogens is 447 g/mol. The summed E-state index contributed by atoms with van der Waals surface area (Å²) in [7, 11) is 3.24. The van der Waals surface area contributed by atoms with Gasteiger partial charge in [0.15, 0.2) is 17.5 Å². The highest BCUT2D eigenvalue weighted by molar-refractivity contribution is 14.0. The van der Waals surface area contributed by atoms with Crippen LogP contribution < -0.4 is 20.5 Å². The maximum Gasteiger partial charge on any atom is 0.188 e. The fourth-order valence-corrected chi connectivity index (χ4v) is 2.80. The van der Waals surface area contributed by atoms with Gasteiger partial charge < -0.3 is 25.3 Å². The van der Waals surface area contributed by atoms with Crippen molar-refractivity contribution in [1.82, 2.24) is 10.2 Å². The lowest BCUT2D eigenvalue weighted by atomic mass is 10.0. The van der Waals surface area contributed by atoms with E-state index in [0.29, 0.717) is 24.0 Å². The molecule has 0 unspecified atom stereocenters. The summed E-state index contributed by atoms with van der Waals surface area (Å²) in [6.45, 7) is 9.07. The van der Waals surface area contributed by atoms with E-state index in [4.69, 9.17) is 19.9 Å². The van der Waals surface area contributed by atoms with Crippen molar-refractivity contribution < 1.29 is 14.2 Å². The van der Waals surface area contributed by atoms with Gasteiger partial charge in [-0.1, -0.05) is 6.07 Å². The van der Waals surface area contributed by atoms with Crippen molar-refractivity contribution in [1.29, 1.82) is 0 Å². The normalized spacial score (nSPS) is 15.9. The number of guanidine groups is 1. The highest BCUT2D eigenvalue weighted by Gasteiger charge is 2.28. The minimum atomic E-state index is -0.00669. The maximum atomic E-state index is 6.02. The monoisotopic (exact) mass is 478 g/mol. The van der Waals surface area contributed by atoms with E-state index in [1.165, 1.54) is 0 Å². The number of halogens is 1. The standard InChI is InChI=1S/C18H30N4O3.HI/c1-18(2,22-7-9-25-10-8-22)13-21-17(19)20-12-14-5-6-15(23-3)16(11-14)24-4;/h5-6,11H,7-10,12-13H2,1-4H3,(H3,19,20,21);1H. The molecule has 8 heteroatoms. The summed E-state index contributed by atoms with van der Waals surface area (Å²) in [6, 6.07) is 5.73. The molecule has 1 saturated heterocycles. The molecule has 26 heavy (non-hydrogen) atoms. The Kier molecular flexibility index (Phi) is 9.45. The largest absolute Gasteiger partial charge is 0.493 e. The molecule has 0 saturated carbocycles. The van der Waals surface area contributed by atoms with Crippen LogP contribution in [0.2, 0.25) is 0 Å². The third kappa shape index (κ3) is 6.48. The predicted molar refractivity (Wildman–Crippen MR) is 115 cm³/mol. The summed E-state index contributed by atoms with van der Waals surface area (Å²) in [5.74, 6) is 1.83. The van der Waals surface area contributed by atoms with Gasteiger partial charge in [0.1, 0.15) is 0 Å². The molecule has 1 aromatic rings. The Morgan fingerprint density at radius 3 is 2.50 bits per heavy atom. The molecule has 0 aromatic heterocycles. The molecule has 2 rings (SSSR count). The Labute approximate surface area is 173 Å². The summed E-state index contributed by atoms with van der Waals surface area (Å²) >= 11 is 0. The van der Waals surface area contributed by atoms with Crippen molar-refractivity contribution >= 4 is 29.9 Å². The second kappa shape index (κ2) is 10.8. The van der Waals surface area contributed by atoms with Gasteiger partial charge in [-0.15, -0.1) is 24.0 Å². The topological polar surface area (TPSA) is 81.3 Å². The third-order valence-corrected chi connectivity index (χ3v) is 4.45. The van der Waals surface area contributed by atoms with E-state index in [0.717, 1.165) is 38.4 Å². The van der Waals surface area contributed by atoms with Gasteiger partial charge in [0.25, 0.3) is 0 Å². The second-order valence-electron chi connectivity index (χ2n) is 6.66. The molecule has 148 valence electrons. The van der Waals surface area contributed by atoms with Gasteiger partial charge in [0.2, 0.25) is 0 Å². The van der Waals surface area contributed by atoms with E-state index in [-0.39, 0.29) is 29.5 Å². The maximum absolute atomic E-state index is 6.02. The molecule has 0 radical (unpaired) electrons. The van der Waals surface area contributed by atoms with E-state index >= 15 is 0 Å². The van der Waals surface area contributed by atoms with Gasteiger partial charge >= 0.3 is 0 Å². The van der Waals surface area contributed by atoms with E-state index < -0.39 is 0 Å². The van der Waals surface area contributed by atoms with Crippen molar-refractivity contribution in [3.8, 4) is 11.5 Å². The van der Waals surface area contributed by atoms with Crippen LogP contribution in [0.15, 0.2) is 23.2 Å². The van der Waals surface area contributed by atoms with Crippen LogP contribution in [0.4, 0.5) is 0 Å². The van der Waals surface area contributed by atoms with Gasteiger partial charge in [-0.3, -0.25) is 4.90 Å². The minimum Gasteiger partial charge on any atom is -0.493 e. The molecule has 1 aliphatic heterocycles. The van der Waals surface area contributed by atoms with Crippen LogP contribution in [-0.2, 0) is 11.3 Å². The van der Waals surface area contributed by atoms with Crippen LogP contribution in [0.25, 0.3) is 0 Å². The first-order valence-corrected chi connectivity index (χ1v) is 8.54. The minimum absolute atomic E-state index is 0. The van der Waals surface area contributed by atoms with Gasteiger partial charge in [0.05, 0.1) is 34.0 Å². The molecule has 0 bridgehead atoms. The molecule has 0 amide bonds. The zero-order valence-corrected chi connectivity index (χ0v) is 18.4. The Bertz CT molecular complexity index is 590. The zero-order chi connectivity index (χ0) is 18.3. The quantitative estimate of drug-likeness (QED) is 0.354. The second-order valence-corrected chi connectivity index (χ2v) is 6.66. The third-order valence-electron chi connectivity index (χ3n) is 4.45. The summed E-state index contributed by atoms with van der Waals surface area (Å²) in [6.07, 6.45) is 0. The number of nitrogens with zero attached hydrogens (tertiary/aromatic N) is 2. The first-order chi connectivity index (χ1) is 12.0. The highest BCUT2D eigenvalue weighted by Crippen LogP contribution is 2.27. The smallest absolute Gasteiger partial charge is 0.188 e. The summed E-state index contributed by atoms with van der Waals surface area (Å²) in [5.41, 5.74) is 7.03. The van der Waals surface area contributed by atoms with Crippen molar-refractivity contribution in [2.75, 3.05) is 47.1 Å². The molecule has 3 N–H and O–H groups in total. The first kappa shape index (κ1) is 22.8. The number of benzene rings is 1. The van der Waals surface area contributed by atoms with Crippen molar-refractivity contribution in [2.45, 2.75) is 25.9 Å². The Morgan fingerprint density at radius 1 is 1.23 bits per heavy atom. The number of ether oxygens (including phenoxy) is 3. The highest BCUT2D eigenvalue weighted by atomic mass is 127. The molecule has 0 aliphatic carbocycles. The number of morpholine rings is 1. The number of methoxy groups -OCH3 is 2. The Balaban J connectivity index is 0.00000338. The number of aliphatic imine (C=N–C) groups is 1. The van der Waals surface area contributed by atoms with Crippen molar-refractivity contribution in [3.05, 3.63) is 23.8 Å². The number of hydrogen-bond donors (Lipinski definition) is 2. The van der Waals surface area contributed by atoms with Crippen molar-refractivity contribution in [3.63, 3.8) is 0 Å². The predicted octanol–water partition coefficient (Wildman–Crippen LogP) is 1.84. The van der Waals surface area contributed by atoms with Crippen molar-refractivity contribution in [2.24, 2.45) is 10.7 Å². The molecule has 7 nitrogen and oxygen atoms in total. The summed E-state index contributed by atoms with van der Waals surface area (Å²) in [5, 5.41) is 3.23. The van der Waals surface area contributed by atoms with Crippen LogP contribution in [0, 0.1) is 0 Å². The summed E-state index contributed by atoms with van der Waals surface area (Å²) in [4.78, 5) is 6.83. The molecule has 1 heterocycles. The Morgan fingerprint density at radius 2 is 1.88 bits per heavy atom. The number of rotatable bonds is 7. The van der Waals surface area contributed by atoms with Crippen LogP contribution in [0.5, 0.6) is 11.5 Å². The molecule has 0 spiro atoms. The van der Waals surface area contributed by atoms with E-state index in [1.807, 2.05) is 18.2 Å². The average Bonchev–Trinajstić information content (AvgIpc) is 2.65. The lowest BCUT2D eigenvalue weighted by Gasteiger charge is -2.40. The van der Waals surface area contributed by atoms with Crippen LogP contribution in [0.3, 0.4) is 0 Å². The zero-order valence-electron chi connectivity index (χ0n) is 16.1. The summed E-state index contributed by atoms with van der Waals surface area (Å²) < 4.78 is 16.0. The number of nitrogens with one attached hydrogen (secondary N) is 1. The van der Waals surface area contributed by atoms with E-state index in [2.05, 4.69) is 29.1 Å². The average molecular weight is 478 g/mol. The van der Waals surface area contributed by atoms with Crippen LogP contribution in [0.1, 0.15) is 19.4 Å². The fraction of sp³-hybridized carbons (Fsp3) is 0.611. The fourth-order valence-electron chi connectivity index (χ4n) is 2.80. The molecule has 1 aliphatic rings.